The SMILES string of the molecule is CN[C@@H](C)C(=O)C1CCCCN1C(=O)[C@@H](C)O. The quantitative estimate of drug-likeness (QED) is 0.724. The highest BCUT2D eigenvalue weighted by atomic mass is 16.3. The molecule has 1 aliphatic heterocycles. The molecule has 1 aliphatic rings. The summed E-state index contributed by atoms with van der Waals surface area (Å²) in [6, 6.07) is -0.643. The molecular weight excluding hydrogens is 220 g/mol. The number of piperidine rings is 1. The average Bonchev–Trinajstić information content (AvgIpc) is 2.35. The Hall–Kier alpha value is -0.940. The Morgan fingerprint density at radius 1 is 1.35 bits per heavy atom. The van der Waals surface area contributed by atoms with Gasteiger partial charge in [0, 0.05) is 6.54 Å². The molecule has 0 aromatic rings. The van der Waals surface area contributed by atoms with E-state index in [4.69, 9.17) is 0 Å². The summed E-state index contributed by atoms with van der Waals surface area (Å²) in [5.41, 5.74) is 0. The molecule has 0 aromatic carbocycles. The molecule has 1 heterocycles. The Morgan fingerprint density at radius 2 is 2.00 bits per heavy atom. The van der Waals surface area contributed by atoms with E-state index in [1.807, 2.05) is 0 Å². The molecule has 0 aliphatic carbocycles. The molecule has 0 bridgehead atoms. The number of nitrogens with one attached hydrogen (secondary N) is 1. The Morgan fingerprint density at radius 3 is 2.53 bits per heavy atom. The lowest BCUT2D eigenvalue weighted by Gasteiger charge is -2.36. The van der Waals surface area contributed by atoms with Crippen LogP contribution in [0.25, 0.3) is 0 Å². The van der Waals surface area contributed by atoms with Gasteiger partial charge in [-0.2, -0.15) is 0 Å². The molecule has 1 unspecified atom stereocenters. The van der Waals surface area contributed by atoms with Crippen molar-refractivity contribution in [3.05, 3.63) is 0 Å². The Kier molecular flexibility index (Phi) is 5.08. The van der Waals surface area contributed by atoms with Gasteiger partial charge in [0.05, 0.1) is 12.1 Å². The number of Topliss-reactive ketones (excluding diaryl/α,β-unsaturated/α-hetero) is 1. The zero-order valence-electron chi connectivity index (χ0n) is 10.8. The Balaban J connectivity index is 2.79. The van der Waals surface area contributed by atoms with Crippen molar-refractivity contribution in [2.24, 2.45) is 0 Å². The van der Waals surface area contributed by atoms with Gasteiger partial charge in [0.15, 0.2) is 5.78 Å². The van der Waals surface area contributed by atoms with Crippen LogP contribution in [0, 0.1) is 0 Å². The number of ketones is 1. The van der Waals surface area contributed by atoms with Crippen LogP contribution in [0.5, 0.6) is 0 Å². The smallest absolute Gasteiger partial charge is 0.251 e. The molecule has 0 saturated carbocycles. The fourth-order valence-electron chi connectivity index (χ4n) is 2.16. The largest absolute Gasteiger partial charge is 0.384 e. The number of carbonyl (C=O) groups excluding carboxylic acids is 2. The third-order valence-corrected chi connectivity index (χ3v) is 3.33. The van der Waals surface area contributed by atoms with Gasteiger partial charge in [0.25, 0.3) is 5.91 Å². The monoisotopic (exact) mass is 242 g/mol. The molecule has 17 heavy (non-hydrogen) atoms. The molecular formula is C12H22N2O3. The van der Waals surface area contributed by atoms with E-state index in [0.29, 0.717) is 13.0 Å². The number of aliphatic hydroxyl groups excluding tert-OH is 1. The fourth-order valence-corrected chi connectivity index (χ4v) is 2.16. The van der Waals surface area contributed by atoms with Gasteiger partial charge in [0.2, 0.25) is 0 Å². The maximum absolute atomic E-state index is 12.1. The van der Waals surface area contributed by atoms with Crippen LogP contribution in [0.2, 0.25) is 0 Å². The van der Waals surface area contributed by atoms with Crippen LogP contribution < -0.4 is 5.32 Å². The molecule has 1 amide bonds. The summed E-state index contributed by atoms with van der Waals surface area (Å²) in [5, 5.41) is 12.3. The molecule has 1 fully saturated rings. The summed E-state index contributed by atoms with van der Waals surface area (Å²) < 4.78 is 0. The van der Waals surface area contributed by atoms with Crippen LogP contribution in [0.3, 0.4) is 0 Å². The first-order valence-electron chi connectivity index (χ1n) is 6.18. The van der Waals surface area contributed by atoms with Gasteiger partial charge in [-0.15, -0.1) is 0 Å². The molecule has 0 radical (unpaired) electrons. The van der Waals surface area contributed by atoms with E-state index in [0.717, 1.165) is 12.8 Å². The second-order valence-corrected chi connectivity index (χ2v) is 4.63. The van der Waals surface area contributed by atoms with Gasteiger partial charge >= 0.3 is 0 Å². The molecule has 0 aromatic heterocycles. The van der Waals surface area contributed by atoms with Gasteiger partial charge in [-0.25, -0.2) is 0 Å². The van der Waals surface area contributed by atoms with Gasteiger partial charge < -0.3 is 15.3 Å². The molecule has 1 rings (SSSR count). The number of hydrogen-bond acceptors (Lipinski definition) is 4. The zero-order valence-corrected chi connectivity index (χ0v) is 10.8. The molecule has 0 spiro atoms. The van der Waals surface area contributed by atoms with E-state index >= 15 is 0 Å². The summed E-state index contributed by atoms with van der Waals surface area (Å²) >= 11 is 0. The summed E-state index contributed by atoms with van der Waals surface area (Å²) in [4.78, 5) is 25.5. The predicted octanol–water partition coefficient (Wildman–Crippen LogP) is -0.0747. The maximum Gasteiger partial charge on any atom is 0.251 e. The van der Waals surface area contributed by atoms with Crippen molar-refractivity contribution in [2.75, 3.05) is 13.6 Å². The third kappa shape index (κ3) is 3.26. The topological polar surface area (TPSA) is 69.6 Å². The molecule has 5 heteroatoms. The van der Waals surface area contributed by atoms with Crippen molar-refractivity contribution in [3.63, 3.8) is 0 Å². The number of rotatable bonds is 4. The highest BCUT2D eigenvalue weighted by Crippen LogP contribution is 2.19. The number of hydrogen-bond donors (Lipinski definition) is 2. The Bertz CT molecular complexity index is 291. The first kappa shape index (κ1) is 14.1. The molecule has 5 nitrogen and oxygen atoms in total. The zero-order chi connectivity index (χ0) is 13.0. The second kappa shape index (κ2) is 6.12. The normalized spacial score (nSPS) is 24.2. The minimum atomic E-state index is -1.03. The van der Waals surface area contributed by atoms with Crippen molar-refractivity contribution in [1.82, 2.24) is 10.2 Å². The Labute approximate surface area is 102 Å². The van der Waals surface area contributed by atoms with Crippen LogP contribution in [0.1, 0.15) is 33.1 Å². The van der Waals surface area contributed by atoms with Gasteiger partial charge in [0.1, 0.15) is 6.10 Å². The van der Waals surface area contributed by atoms with Crippen LogP contribution in [0.15, 0.2) is 0 Å². The molecule has 98 valence electrons. The number of likely N-dealkylation sites (N-methyl/N-ethyl adjacent to an activating group) is 1. The van der Waals surface area contributed by atoms with Gasteiger partial charge in [-0.3, -0.25) is 9.59 Å². The first-order valence-corrected chi connectivity index (χ1v) is 6.18. The van der Waals surface area contributed by atoms with Crippen molar-refractivity contribution in [1.29, 1.82) is 0 Å². The molecule has 2 N–H and O–H groups in total. The summed E-state index contributed by atoms with van der Waals surface area (Å²) in [6.07, 6.45) is 1.52. The highest BCUT2D eigenvalue weighted by Gasteiger charge is 2.34. The summed E-state index contributed by atoms with van der Waals surface area (Å²) in [6.45, 7) is 3.80. The average molecular weight is 242 g/mol. The predicted molar refractivity (Wildman–Crippen MR) is 64.6 cm³/mol. The molecule has 1 saturated heterocycles. The van der Waals surface area contributed by atoms with E-state index in [-0.39, 0.29) is 23.8 Å². The molecule has 3 atom stereocenters. The van der Waals surface area contributed by atoms with E-state index in [1.165, 1.54) is 11.8 Å². The van der Waals surface area contributed by atoms with E-state index in [1.54, 1.807) is 14.0 Å². The first-order chi connectivity index (χ1) is 7.99. The van der Waals surface area contributed by atoms with Crippen LogP contribution in [-0.2, 0) is 9.59 Å². The van der Waals surface area contributed by atoms with Crippen LogP contribution in [0.4, 0.5) is 0 Å². The maximum atomic E-state index is 12.1. The lowest BCUT2D eigenvalue weighted by atomic mass is 9.94. The van der Waals surface area contributed by atoms with Crippen molar-refractivity contribution < 1.29 is 14.7 Å². The second-order valence-electron chi connectivity index (χ2n) is 4.63. The summed E-state index contributed by atoms with van der Waals surface area (Å²) in [7, 11) is 1.73. The van der Waals surface area contributed by atoms with Crippen molar-refractivity contribution in [2.45, 2.75) is 51.3 Å². The van der Waals surface area contributed by atoms with Crippen LogP contribution in [-0.4, -0.2) is 53.5 Å². The number of likely N-dealkylation sites (tertiary alicyclic amines) is 1. The highest BCUT2D eigenvalue weighted by molar-refractivity contribution is 5.93. The van der Waals surface area contributed by atoms with Gasteiger partial charge in [-0.05, 0) is 40.2 Å². The van der Waals surface area contributed by atoms with E-state index in [2.05, 4.69) is 5.32 Å². The number of carbonyl (C=O) groups is 2. The minimum Gasteiger partial charge on any atom is -0.384 e. The number of amides is 1. The third-order valence-electron chi connectivity index (χ3n) is 3.33. The number of nitrogens with zero attached hydrogens (tertiary/aromatic N) is 1. The standard InChI is InChI=1S/C12H22N2O3/c1-8(13-3)11(16)10-6-4-5-7-14(10)12(17)9(2)15/h8-10,13,15H,4-7H2,1-3H3/t8-,9+,10?/m0/s1. The van der Waals surface area contributed by atoms with Crippen molar-refractivity contribution in [3.8, 4) is 0 Å². The van der Waals surface area contributed by atoms with Crippen molar-refractivity contribution >= 4 is 11.7 Å². The summed E-state index contributed by atoms with van der Waals surface area (Å²) in [5.74, 6) is -0.312. The fraction of sp³-hybridized carbons (Fsp3) is 0.833. The van der Waals surface area contributed by atoms with Gasteiger partial charge in [-0.1, -0.05) is 0 Å². The number of aliphatic hydroxyl groups is 1. The van der Waals surface area contributed by atoms with E-state index < -0.39 is 6.10 Å². The lowest BCUT2D eigenvalue weighted by molar-refractivity contribution is -0.148. The van der Waals surface area contributed by atoms with E-state index in [9.17, 15) is 14.7 Å². The van der Waals surface area contributed by atoms with Crippen LogP contribution >= 0.6 is 0 Å². The minimum absolute atomic E-state index is 0.0289. The lowest BCUT2D eigenvalue weighted by Crippen LogP contribution is -2.54.